The van der Waals surface area contributed by atoms with E-state index in [9.17, 15) is 14.4 Å². The topological polar surface area (TPSA) is 130 Å². The minimum Gasteiger partial charge on any atom is -0.364 e. The molecule has 1 aromatic carbocycles. The second-order valence-electron chi connectivity index (χ2n) is 8.23. The van der Waals surface area contributed by atoms with Crippen LogP contribution < -0.4 is 16.4 Å². The average Bonchev–Trinajstić information content (AvgIpc) is 3.63. The number of nitrogens with one attached hydrogen (secondary N) is 2. The number of carbonyl (C=O) groups excluding carboxylic acids is 3. The molecule has 4 N–H and O–H groups in total. The number of nitrogens with two attached hydrogens (primary N) is 1. The predicted octanol–water partition coefficient (Wildman–Crippen LogP) is 2.20. The van der Waals surface area contributed by atoms with Crippen molar-refractivity contribution in [3.8, 4) is 0 Å². The highest BCUT2D eigenvalue weighted by atomic mass is 16.2. The number of nitrogens with zero attached hydrogens (tertiary/aromatic N) is 3. The summed E-state index contributed by atoms with van der Waals surface area (Å²) in [5, 5.41) is 6.03. The Morgan fingerprint density at radius 2 is 2.03 bits per heavy atom. The predicted molar refractivity (Wildman–Crippen MR) is 126 cm³/mol. The van der Waals surface area contributed by atoms with E-state index in [2.05, 4.69) is 27.2 Å². The first kappa shape index (κ1) is 23.9. The van der Waals surface area contributed by atoms with Crippen LogP contribution in [0.4, 0.5) is 11.5 Å². The summed E-state index contributed by atoms with van der Waals surface area (Å²) < 4.78 is 0. The number of hydrogen-bond acceptors (Lipinski definition) is 6. The summed E-state index contributed by atoms with van der Waals surface area (Å²) in [4.78, 5) is 46.3. The zero-order valence-corrected chi connectivity index (χ0v) is 19.2. The van der Waals surface area contributed by atoms with E-state index in [-0.39, 0.29) is 17.5 Å². The molecule has 0 bridgehead atoms. The molecule has 1 aliphatic carbocycles. The van der Waals surface area contributed by atoms with E-state index in [4.69, 9.17) is 5.73 Å². The van der Waals surface area contributed by atoms with E-state index >= 15 is 0 Å². The first-order valence-corrected chi connectivity index (χ1v) is 10.9. The molecule has 2 aromatic rings. The van der Waals surface area contributed by atoms with Gasteiger partial charge in [-0.1, -0.05) is 18.7 Å². The van der Waals surface area contributed by atoms with Gasteiger partial charge in [-0.05, 0) is 56.9 Å². The Labute approximate surface area is 193 Å². The van der Waals surface area contributed by atoms with E-state index in [0.717, 1.165) is 35.5 Å². The Balaban J connectivity index is 1.65. The maximum absolute atomic E-state index is 12.3. The second-order valence-corrected chi connectivity index (χ2v) is 8.23. The van der Waals surface area contributed by atoms with Crippen molar-refractivity contribution >= 4 is 29.2 Å². The largest absolute Gasteiger partial charge is 0.364 e. The SMILES string of the molecule is C=CC(=O)N(C)[C@@H](C)C(=O)NCCc1cccc(Nc2nc(C3CC3)c(C)nc2C(N)=O)c1. The number of benzene rings is 1. The molecule has 1 fully saturated rings. The van der Waals surface area contributed by atoms with Crippen molar-refractivity contribution in [1.82, 2.24) is 20.2 Å². The summed E-state index contributed by atoms with van der Waals surface area (Å²) in [6.07, 6.45) is 3.91. The number of amides is 3. The molecule has 0 aliphatic heterocycles. The van der Waals surface area contributed by atoms with Gasteiger partial charge in [-0.3, -0.25) is 14.4 Å². The smallest absolute Gasteiger partial charge is 0.271 e. The van der Waals surface area contributed by atoms with Crippen LogP contribution in [0.2, 0.25) is 0 Å². The van der Waals surface area contributed by atoms with Gasteiger partial charge in [0.05, 0.1) is 11.4 Å². The molecule has 33 heavy (non-hydrogen) atoms. The minimum atomic E-state index is -0.636. The van der Waals surface area contributed by atoms with Crippen LogP contribution in [0.25, 0.3) is 0 Å². The molecule has 0 saturated heterocycles. The maximum Gasteiger partial charge on any atom is 0.271 e. The van der Waals surface area contributed by atoms with Crippen molar-refractivity contribution in [2.24, 2.45) is 5.73 Å². The van der Waals surface area contributed by atoms with Crippen LogP contribution >= 0.6 is 0 Å². The van der Waals surface area contributed by atoms with Crippen LogP contribution in [0.15, 0.2) is 36.9 Å². The number of carbonyl (C=O) groups is 3. The lowest BCUT2D eigenvalue weighted by molar-refractivity contribution is -0.135. The monoisotopic (exact) mass is 450 g/mol. The van der Waals surface area contributed by atoms with Gasteiger partial charge in [0.2, 0.25) is 11.8 Å². The van der Waals surface area contributed by atoms with Crippen LogP contribution in [0.5, 0.6) is 0 Å². The summed E-state index contributed by atoms with van der Waals surface area (Å²) >= 11 is 0. The number of anilines is 2. The van der Waals surface area contributed by atoms with E-state index in [1.165, 1.54) is 11.0 Å². The zero-order chi connectivity index (χ0) is 24.1. The molecule has 9 nitrogen and oxygen atoms in total. The number of rotatable bonds is 10. The molecule has 1 aromatic heterocycles. The molecule has 1 saturated carbocycles. The quantitative estimate of drug-likeness (QED) is 0.476. The zero-order valence-electron chi connectivity index (χ0n) is 19.2. The van der Waals surface area contributed by atoms with Crippen molar-refractivity contribution in [2.45, 2.75) is 45.1 Å². The van der Waals surface area contributed by atoms with E-state index in [1.807, 2.05) is 31.2 Å². The maximum atomic E-state index is 12.3. The van der Waals surface area contributed by atoms with Crippen LogP contribution in [0, 0.1) is 6.92 Å². The molecule has 174 valence electrons. The summed E-state index contributed by atoms with van der Waals surface area (Å²) in [7, 11) is 1.56. The van der Waals surface area contributed by atoms with E-state index in [1.54, 1.807) is 14.0 Å². The number of aryl methyl sites for hydroxylation is 1. The van der Waals surface area contributed by atoms with Crippen molar-refractivity contribution in [1.29, 1.82) is 0 Å². The van der Waals surface area contributed by atoms with Crippen molar-refractivity contribution < 1.29 is 14.4 Å². The van der Waals surface area contributed by atoms with Crippen LogP contribution in [-0.2, 0) is 16.0 Å². The van der Waals surface area contributed by atoms with Crippen LogP contribution in [-0.4, -0.2) is 52.2 Å². The molecule has 0 radical (unpaired) electrons. The van der Waals surface area contributed by atoms with Crippen molar-refractivity contribution in [3.63, 3.8) is 0 Å². The fourth-order valence-corrected chi connectivity index (χ4v) is 3.46. The first-order chi connectivity index (χ1) is 15.7. The number of aromatic nitrogens is 2. The molecule has 0 unspecified atom stereocenters. The van der Waals surface area contributed by atoms with Gasteiger partial charge in [-0.25, -0.2) is 9.97 Å². The molecule has 1 heterocycles. The summed E-state index contributed by atoms with van der Waals surface area (Å²) in [5.41, 5.74) is 8.99. The van der Waals surface area contributed by atoms with Gasteiger partial charge in [0.25, 0.3) is 5.91 Å². The third-order valence-corrected chi connectivity index (χ3v) is 5.69. The molecule has 1 atom stereocenters. The normalized spacial score (nSPS) is 13.7. The lowest BCUT2D eigenvalue weighted by atomic mass is 10.1. The highest BCUT2D eigenvalue weighted by Crippen LogP contribution is 2.40. The Bertz CT molecular complexity index is 1080. The number of primary amides is 1. The van der Waals surface area contributed by atoms with Crippen LogP contribution in [0.3, 0.4) is 0 Å². The third-order valence-electron chi connectivity index (χ3n) is 5.69. The number of hydrogen-bond donors (Lipinski definition) is 3. The molecular weight excluding hydrogens is 420 g/mol. The van der Waals surface area contributed by atoms with Gasteiger partial charge in [-0.15, -0.1) is 0 Å². The van der Waals surface area contributed by atoms with Gasteiger partial charge in [0.15, 0.2) is 11.5 Å². The summed E-state index contributed by atoms with van der Waals surface area (Å²) in [6, 6.07) is 7.01. The lowest BCUT2D eigenvalue weighted by Crippen LogP contribution is -2.45. The Kier molecular flexibility index (Phi) is 7.42. The minimum absolute atomic E-state index is 0.113. The van der Waals surface area contributed by atoms with Crippen LogP contribution in [0.1, 0.15) is 53.1 Å². The highest BCUT2D eigenvalue weighted by molar-refractivity contribution is 5.96. The Morgan fingerprint density at radius 1 is 1.30 bits per heavy atom. The number of likely N-dealkylation sites (N-methyl/N-ethyl adjacent to an activating group) is 1. The van der Waals surface area contributed by atoms with Gasteiger partial charge in [-0.2, -0.15) is 0 Å². The van der Waals surface area contributed by atoms with Crippen molar-refractivity contribution in [2.75, 3.05) is 18.9 Å². The Hall–Kier alpha value is -3.75. The third kappa shape index (κ3) is 5.94. The first-order valence-electron chi connectivity index (χ1n) is 10.9. The van der Waals surface area contributed by atoms with Gasteiger partial charge in [0.1, 0.15) is 6.04 Å². The van der Waals surface area contributed by atoms with Gasteiger partial charge < -0.3 is 21.3 Å². The van der Waals surface area contributed by atoms with Gasteiger partial charge in [0, 0.05) is 25.2 Å². The summed E-state index contributed by atoms with van der Waals surface area (Å²) in [6.45, 7) is 7.35. The molecule has 3 amide bonds. The fourth-order valence-electron chi connectivity index (χ4n) is 3.46. The highest BCUT2D eigenvalue weighted by Gasteiger charge is 2.29. The van der Waals surface area contributed by atoms with Crippen molar-refractivity contribution in [3.05, 3.63) is 59.6 Å². The molecule has 3 rings (SSSR count). The second kappa shape index (κ2) is 10.2. The molecular formula is C24H30N6O3. The summed E-state index contributed by atoms with van der Waals surface area (Å²) in [5.74, 6) is -0.447. The van der Waals surface area contributed by atoms with Gasteiger partial charge >= 0.3 is 0 Å². The standard InChI is InChI=1S/C24H30N6O3/c1-5-19(31)30(4)15(3)24(33)26-12-11-16-7-6-8-18(13-16)28-23-21(22(25)32)27-14(2)20(29-23)17-9-10-17/h5-8,13,15,17H,1,9-12H2,2-4H3,(H2,25,32)(H,26,33)(H,28,29)/t15-/m0/s1. The van der Waals surface area contributed by atoms with E-state index < -0.39 is 11.9 Å². The fraction of sp³-hybridized carbons (Fsp3) is 0.375. The molecule has 1 aliphatic rings. The average molecular weight is 451 g/mol. The molecule has 0 spiro atoms. The van der Waals surface area contributed by atoms with E-state index in [0.29, 0.717) is 24.7 Å². The molecule has 9 heteroatoms. The Morgan fingerprint density at radius 3 is 2.67 bits per heavy atom. The lowest BCUT2D eigenvalue weighted by Gasteiger charge is -2.22.